The quantitative estimate of drug-likeness (QED) is 0.341. The summed E-state index contributed by atoms with van der Waals surface area (Å²) in [4.78, 5) is 0. The van der Waals surface area contributed by atoms with E-state index in [-0.39, 0.29) is 71.0 Å². The average Bonchev–Trinajstić information content (AvgIpc) is 1.87. The van der Waals surface area contributed by atoms with Gasteiger partial charge in [0.15, 0.2) is 0 Å². The topological polar surface area (TPSA) is 0 Å². The van der Waals surface area contributed by atoms with E-state index >= 15 is 0 Å². The van der Waals surface area contributed by atoms with Crippen molar-refractivity contribution in [2.24, 2.45) is 11.8 Å². The van der Waals surface area contributed by atoms with Crippen molar-refractivity contribution in [1.29, 1.82) is 0 Å². The summed E-state index contributed by atoms with van der Waals surface area (Å²) >= 11 is 0. The van der Waals surface area contributed by atoms with Gasteiger partial charge in [0.25, 0.3) is 0 Å². The summed E-state index contributed by atoms with van der Waals surface area (Å²) in [6, 6.07) is 0. The molecule has 0 nitrogen and oxygen atoms in total. The summed E-state index contributed by atoms with van der Waals surface area (Å²) in [6.45, 7) is 9.23. The molecule has 0 aliphatic heterocycles. The van der Waals surface area contributed by atoms with Crippen LogP contribution in [0.2, 0.25) is 0 Å². The summed E-state index contributed by atoms with van der Waals surface area (Å²) in [7, 11) is 0. The molecule has 0 aliphatic carbocycles. The number of halogens is 2. The summed E-state index contributed by atoms with van der Waals surface area (Å²) in [5.41, 5.74) is 0. The standard InChI is InChI=1S/C10H22.2HI.Mg/c1-5-10(4)8-6-7-9(2)3;;;/h9-10H,5-8H2,1-4H3;2*1H;/q;;;+2/p-2. The van der Waals surface area contributed by atoms with Gasteiger partial charge in [0, 0.05) is 0 Å². The van der Waals surface area contributed by atoms with Crippen LogP contribution in [0.25, 0.3) is 0 Å². The van der Waals surface area contributed by atoms with Crippen LogP contribution < -0.4 is 48.0 Å². The summed E-state index contributed by atoms with van der Waals surface area (Å²) < 4.78 is 0. The Morgan fingerprint density at radius 2 is 1.38 bits per heavy atom. The molecule has 13 heavy (non-hydrogen) atoms. The van der Waals surface area contributed by atoms with E-state index in [1.807, 2.05) is 0 Å². The second kappa shape index (κ2) is 16.6. The maximum Gasteiger partial charge on any atom is 2.00 e. The molecule has 0 amide bonds. The molecule has 0 aromatic heterocycles. The van der Waals surface area contributed by atoms with Crippen LogP contribution in [0.1, 0.15) is 53.4 Å². The molecule has 1 atom stereocenters. The van der Waals surface area contributed by atoms with Crippen molar-refractivity contribution in [1.82, 2.24) is 0 Å². The first-order valence-electron chi connectivity index (χ1n) is 4.66. The fourth-order valence-electron chi connectivity index (χ4n) is 1.08. The zero-order valence-electron chi connectivity index (χ0n) is 9.45. The van der Waals surface area contributed by atoms with Crippen molar-refractivity contribution in [2.45, 2.75) is 53.4 Å². The minimum atomic E-state index is 0. The van der Waals surface area contributed by atoms with Gasteiger partial charge in [-0.25, -0.2) is 0 Å². The molecule has 0 saturated carbocycles. The minimum Gasteiger partial charge on any atom is -1.00 e. The zero-order chi connectivity index (χ0) is 7.98. The van der Waals surface area contributed by atoms with Crippen molar-refractivity contribution in [3.63, 3.8) is 0 Å². The monoisotopic (exact) mass is 420 g/mol. The van der Waals surface area contributed by atoms with E-state index < -0.39 is 0 Å². The minimum absolute atomic E-state index is 0. The summed E-state index contributed by atoms with van der Waals surface area (Å²) in [5, 5.41) is 0. The molecule has 0 aromatic rings. The predicted molar refractivity (Wildman–Crippen MR) is 53.9 cm³/mol. The average molecular weight is 420 g/mol. The Labute approximate surface area is 135 Å². The molecule has 0 bridgehead atoms. The van der Waals surface area contributed by atoms with E-state index in [1.54, 1.807) is 0 Å². The Kier molecular flexibility index (Phi) is 31.3. The third-order valence-electron chi connectivity index (χ3n) is 2.18. The van der Waals surface area contributed by atoms with Gasteiger partial charge in [0.05, 0.1) is 0 Å². The Balaban J connectivity index is -0.000000135. The first-order valence-corrected chi connectivity index (χ1v) is 4.66. The molecule has 0 fully saturated rings. The Morgan fingerprint density at radius 1 is 0.923 bits per heavy atom. The van der Waals surface area contributed by atoms with E-state index in [9.17, 15) is 0 Å². The normalized spacial score (nSPS) is 10.8. The fraction of sp³-hybridized carbons (Fsp3) is 1.00. The Hall–Kier alpha value is 2.23. The van der Waals surface area contributed by atoms with Gasteiger partial charge in [-0.1, -0.05) is 53.4 Å². The van der Waals surface area contributed by atoms with Gasteiger partial charge >= 0.3 is 23.1 Å². The molecule has 0 radical (unpaired) electrons. The van der Waals surface area contributed by atoms with Crippen LogP contribution in [-0.2, 0) is 0 Å². The van der Waals surface area contributed by atoms with E-state index in [0.717, 1.165) is 11.8 Å². The SMILES string of the molecule is CCC(C)CCCC(C)C.[I-].[I-].[Mg+2]. The van der Waals surface area contributed by atoms with Crippen molar-refractivity contribution in [3.05, 3.63) is 0 Å². The Bertz CT molecular complexity index is 77.3. The molecule has 0 heterocycles. The predicted octanol–water partition coefficient (Wildman–Crippen LogP) is -2.51. The van der Waals surface area contributed by atoms with Crippen LogP contribution in [0, 0.1) is 11.8 Å². The van der Waals surface area contributed by atoms with Crippen LogP contribution in [0.3, 0.4) is 0 Å². The maximum atomic E-state index is 2.35. The van der Waals surface area contributed by atoms with E-state index in [0.29, 0.717) is 0 Å². The summed E-state index contributed by atoms with van der Waals surface area (Å²) in [5.74, 6) is 1.84. The molecule has 0 spiro atoms. The molecular formula is C10H22I2Mg. The Morgan fingerprint density at radius 3 is 1.69 bits per heavy atom. The summed E-state index contributed by atoms with van der Waals surface area (Å²) in [6.07, 6.45) is 5.60. The molecule has 0 saturated heterocycles. The smallest absolute Gasteiger partial charge is 1.00 e. The second-order valence-electron chi connectivity index (χ2n) is 3.84. The number of hydrogen-bond donors (Lipinski definition) is 0. The number of hydrogen-bond acceptors (Lipinski definition) is 0. The van der Waals surface area contributed by atoms with Crippen molar-refractivity contribution < 1.29 is 48.0 Å². The van der Waals surface area contributed by atoms with Gasteiger partial charge in [-0.2, -0.15) is 0 Å². The first-order chi connectivity index (χ1) is 4.66. The molecule has 1 unspecified atom stereocenters. The molecule has 3 heteroatoms. The van der Waals surface area contributed by atoms with Gasteiger partial charge in [0.2, 0.25) is 0 Å². The third kappa shape index (κ3) is 20.3. The van der Waals surface area contributed by atoms with Gasteiger partial charge in [-0.05, 0) is 11.8 Å². The number of rotatable bonds is 5. The largest absolute Gasteiger partial charge is 2.00 e. The molecule has 78 valence electrons. The van der Waals surface area contributed by atoms with Crippen LogP contribution >= 0.6 is 0 Å². The fourth-order valence-corrected chi connectivity index (χ4v) is 1.08. The van der Waals surface area contributed by atoms with Crippen LogP contribution in [0.4, 0.5) is 0 Å². The van der Waals surface area contributed by atoms with Crippen LogP contribution in [0.15, 0.2) is 0 Å². The van der Waals surface area contributed by atoms with Gasteiger partial charge < -0.3 is 48.0 Å². The van der Waals surface area contributed by atoms with Gasteiger partial charge in [-0.15, -0.1) is 0 Å². The van der Waals surface area contributed by atoms with Crippen LogP contribution in [0.5, 0.6) is 0 Å². The van der Waals surface area contributed by atoms with Crippen molar-refractivity contribution >= 4 is 23.1 Å². The molecule has 0 N–H and O–H groups in total. The van der Waals surface area contributed by atoms with Crippen molar-refractivity contribution in [2.75, 3.05) is 0 Å². The first kappa shape index (κ1) is 24.5. The maximum absolute atomic E-state index is 2.35. The van der Waals surface area contributed by atoms with Gasteiger partial charge in [-0.3, -0.25) is 0 Å². The van der Waals surface area contributed by atoms with E-state index in [1.165, 1.54) is 25.7 Å². The molecule has 0 aliphatic rings. The van der Waals surface area contributed by atoms with Crippen molar-refractivity contribution in [3.8, 4) is 0 Å². The zero-order valence-corrected chi connectivity index (χ0v) is 15.2. The third-order valence-corrected chi connectivity index (χ3v) is 2.18. The molecular weight excluding hydrogens is 398 g/mol. The van der Waals surface area contributed by atoms with Crippen LogP contribution in [-0.4, -0.2) is 23.1 Å². The second-order valence-corrected chi connectivity index (χ2v) is 3.84. The van der Waals surface area contributed by atoms with E-state index in [2.05, 4.69) is 27.7 Å². The molecule has 0 aromatic carbocycles. The van der Waals surface area contributed by atoms with Gasteiger partial charge in [0.1, 0.15) is 0 Å². The van der Waals surface area contributed by atoms with E-state index in [4.69, 9.17) is 0 Å². The molecule has 0 rings (SSSR count).